The lowest BCUT2D eigenvalue weighted by Gasteiger charge is -2.09. The van der Waals surface area contributed by atoms with E-state index >= 15 is 0 Å². The molecule has 0 fully saturated rings. The quantitative estimate of drug-likeness (QED) is 0.630. The molecule has 0 aliphatic carbocycles. The molecule has 0 saturated carbocycles. The smallest absolute Gasteiger partial charge is 0.340 e. The molecule has 0 amide bonds. The Morgan fingerprint density at radius 3 is 2.59 bits per heavy atom. The normalized spacial score (nSPS) is 11.0. The van der Waals surface area contributed by atoms with Crippen molar-refractivity contribution in [2.45, 2.75) is 4.90 Å². The van der Waals surface area contributed by atoms with Crippen molar-refractivity contribution in [3.63, 3.8) is 0 Å². The molecule has 0 N–H and O–H groups in total. The highest BCUT2D eigenvalue weighted by Gasteiger charge is 2.21. The van der Waals surface area contributed by atoms with Gasteiger partial charge in [0.25, 0.3) is 0 Å². The van der Waals surface area contributed by atoms with Gasteiger partial charge in [0.05, 0.1) is 17.7 Å². The summed E-state index contributed by atoms with van der Waals surface area (Å²) in [7, 11) is -3.15. The second-order valence-corrected chi connectivity index (χ2v) is 6.05. The second-order valence-electron chi connectivity index (χ2n) is 4.13. The van der Waals surface area contributed by atoms with E-state index in [9.17, 15) is 17.6 Å². The largest absolute Gasteiger partial charge is 0.465 e. The van der Waals surface area contributed by atoms with Crippen molar-refractivity contribution >= 4 is 27.7 Å². The first kappa shape index (κ1) is 16.3. The van der Waals surface area contributed by atoms with Gasteiger partial charge in [-0.2, -0.15) is 8.42 Å². The van der Waals surface area contributed by atoms with E-state index in [2.05, 4.69) is 4.74 Å². The van der Waals surface area contributed by atoms with Crippen LogP contribution in [0.2, 0.25) is 5.02 Å². The van der Waals surface area contributed by atoms with Crippen molar-refractivity contribution in [1.82, 2.24) is 0 Å². The molecule has 22 heavy (non-hydrogen) atoms. The topological polar surface area (TPSA) is 69.7 Å². The summed E-state index contributed by atoms with van der Waals surface area (Å²) in [5, 5.41) is -0.175. The lowest BCUT2D eigenvalue weighted by molar-refractivity contribution is 0.0600. The Morgan fingerprint density at radius 1 is 1.18 bits per heavy atom. The van der Waals surface area contributed by atoms with Crippen LogP contribution in [0.25, 0.3) is 0 Å². The third-order valence-electron chi connectivity index (χ3n) is 2.62. The number of rotatable bonds is 4. The maximum atomic E-state index is 13.2. The molecule has 8 heteroatoms. The Hall–Kier alpha value is -2.12. The molecule has 0 radical (unpaired) electrons. The fourth-order valence-electron chi connectivity index (χ4n) is 1.63. The molecule has 0 bridgehead atoms. The van der Waals surface area contributed by atoms with E-state index in [1.807, 2.05) is 0 Å². The Bertz CT molecular complexity index is 820. The zero-order chi connectivity index (χ0) is 16.3. The minimum Gasteiger partial charge on any atom is -0.465 e. The van der Waals surface area contributed by atoms with Crippen LogP contribution < -0.4 is 4.18 Å². The summed E-state index contributed by atoms with van der Waals surface area (Å²) in [6.45, 7) is 0. The van der Waals surface area contributed by atoms with Crippen LogP contribution in [0.4, 0.5) is 4.39 Å². The summed E-state index contributed by atoms with van der Waals surface area (Å²) in [6.07, 6.45) is 0. The molecule has 2 rings (SSSR count). The van der Waals surface area contributed by atoms with Crippen LogP contribution in [0.3, 0.4) is 0 Å². The van der Waals surface area contributed by atoms with Gasteiger partial charge in [0.2, 0.25) is 0 Å². The van der Waals surface area contributed by atoms with Gasteiger partial charge in [-0.3, -0.25) is 0 Å². The van der Waals surface area contributed by atoms with Crippen molar-refractivity contribution in [2.75, 3.05) is 7.11 Å². The zero-order valence-electron chi connectivity index (χ0n) is 11.2. The number of hydrogen-bond donors (Lipinski definition) is 0. The third-order valence-corrected chi connectivity index (χ3v) is 4.35. The van der Waals surface area contributed by atoms with Gasteiger partial charge in [-0.25, -0.2) is 9.18 Å². The third kappa shape index (κ3) is 3.55. The van der Waals surface area contributed by atoms with Crippen molar-refractivity contribution in [2.24, 2.45) is 0 Å². The summed E-state index contributed by atoms with van der Waals surface area (Å²) in [6, 6.07) is 8.26. The lowest BCUT2D eigenvalue weighted by Crippen LogP contribution is -2.11. The first-order valence-electron chi connectivity index (χ1n) is 5.91. The van der Waals surface area contributed by atoms with E-state index in [4.69, 9.17) is 15.8 Å². The first-order valence-corrected chi connectivity index (χ1v) is 7.70. The van der Waals surface area contributed by atoms with E-state index in [0.29, 0.717) is 0 Å². The van der Waals surface area contributed by atoms with E-state index in [-0.39, 0.29) is 16.3 Å². The van der Waals surface area contributed by atoms with Gasteiger partial charge >= 0.3 is 16.1 Å². The number of esters is 1. The molecule has 0 aromatic heterocycles. The Kier molecular flexibility index (Phi) is 4.68. The average Bonchev–Trinajstić information content (AvgIpc) is 2.48. The zero-order valence-corrected chi connectivity index (χ0v) is 12.8. The number of benzene rings is 2. The van der Waals surface area contributed by atoms with Gasteiger partial charge in [0, 0.05) is 0 Å². The highest BCUT2D eigenvalue weighted by atomic mass is 35.5. The van der Waals surface area contributed by atoms with Gasteiger partial charge in [-0.1, -0.05) is 17.7 Å². The number of carbonyl (C=O) groups is 1. The predicted octanol–water partition coefficient (Wildman–Crippen LogP) is 3.03. The van der Waals surface area contributed by atoms with E-state index in [1.54, 1.807) is 0 Å². The van der Waals surface area contributed by atoms with Crippen molar-refractivity contribution < 1.29 is 26.5 Å². The molecule has 0 saturated heterocycles. The molecule has 0 aliphatic rings. The van der Waals surface area contributed by atoms with Gasteiger partial charge < -0.3 is 8.92 Å². The van der Waals surface area contributed by atoms with Gasteiger partial charge in [-0.05, 0) is 36.4 Å². The fraction of sp³-hybridized carbons (Fsp3) is 0.0714. The Balaban J connectivity index is 2.37. The van der Waals surface area contributed by atoms with E-state index in [0.717, 1.165) is 18.2 Å². The highest BCUT2D eigenvalue weighted by molar-refractivity contribution is 7.87. The van der Waals surface area contributed by atoms with Crippen LogP contribution in [0, 0.1) is 5.82 Å². The van der Waals surface area contributed by atoms with Crippen molar-refractivity contribution in [1.29, 1.82) is 0 Å². The molecule has 0 heterocycles. The predicted molar refractivity (Wildman–Crippen MR) is 77.0 cm³/mol. The molecule has 2 aromatic carbocycles. The van der Waals surface area contributed by atoms with Gasteiger partial charge in [-0.15, -0.1) is 0 Å². The minimum atomic E-state index is -4.34. The Labute approximate surface area is 131 Å². The number of halogens is 2. The summed E-state index contributed by atoms with van der Waals surface area (Å²) >= 11 is 5.75. The SMILES string of the molecule is COC(=O)c1cccc(OS(=O)(=O)c2cc(F)ccc2Cl)c1. The van der Waals surface area contributed by atoms with Crippen LogP contribution in [0.5, 0.6) is 5.75 Å². The van der Waals surface area contributed by atoms with Crippen LogP contribution >= 0.6 is 11.6 Å². The van der Waals surface area contributed by atoms with Crippen molar-refractivity contribution in [3.8, 4) is 5.75 Å². The molecule has 5 nitrogen and oxygen atoms in total. The second kappa shape index (κ2) is 6.33. The van der Waals surface area contributed by atoms with Crippen LogP contribution in [-0.4, -0.2) is 21.5 Å². The highest BCUT2D eigenvalue weighted by Crippen LogP contribution is 2.26. The molecule has 0 spiro atoms. The average molecular weight is 345 g/mol. The number of methoxy groups -OCH3 is 1. The fourth-order valence-corrected chi connectivity index (χ4v) is 3.04. The summed E-state index contributed by atoms with van der Waals surface area (Å²) in [5.41, 5.74) is 0.112. The standard InChI is InChI=1S/C14H10ClFO5S/c1-20-14(17)9-3-2-4-11(7-9)21-22(18,19)13-8-10(16)5-6-12(13)15/h2-8H,1H3. The number of carbonyl (C=O) groups excluding carboxylic acids is 1. The van der Waals surface area contributed by atoms with E-state index in [1.165, 1.54) is 31.4 Å². The summed E-state index contributed by atoms with van der Waals surface area (Å²) < 4.78 is 46.9. The maximum Gasteiger partial charge on any atom is 0.340 e. The molecule has 0 atom stereocenters. The van der Waals surface area contributed by atoms with Crippen LogP contribution in [0.15, 0.2) is 47.4 Å². The van der Waals surface area contributed by atoms with Crippen LogP contribution in [-0.2, 0) is 14.9 Å². The first-order chi connectivity index (χ1) is 10.3. The molecule has 0 aliphatic heterocycles. The monoisotopic (exact) mass is 344 g/mol. The molecule has 116 valence electrons. The van der Waals surface area contributed by atoms with E-state index < -0.39 is 26.8 Å². The maximum absolute atomic E-state index is 13.2. The van der Waals surface area contributed by atoms with Gasteiger partial charge in [0.15, 0.2) is 0 Å². The van der Waals surface area contributed by atoms with Gasteiger partial charge in [0.1, 0.15) is 16.5 Å². The number of ether oxygens (including phenoxy) is 1. The Morgan fingerprint density at radius 2 is 1.91 bits per heavy atom. The minimum absolute atomic E-state index is 0.112. The molecule has 0 unspecified atom stereocenters. The van der Waals surface area contributed by atoms with Crippen molar-refractivity contribution in [3.05, 3.63) is 58.9 Å². The number of hydrogen-bond acceptors (Lipinski definition) is 5. The summed E-state index contributed by atoms with van der Waals surface area (Å²) in [5.74, 6) is -1.54. The van der Waals surface area contributed by atoms with Crippen LogP contribution in [0.1, 0.15) is 10.4 Å². The molecular weight excluding hydrogens is 335 g/mol. The lowest BCUT2D eigenvalue weighted by atomic mass is 10.2. The summed E-state index contributed by atoms with van der Waals surface area (Å²) in [4.78, 5) is 10.9. The molecular formula is C14H10ClFO5S. The molecule has 2 aromatic rings.